The van der Waals surface area contributed by atoms with Crippen LogP contribution in [0.3, 0.4) is 0 Å². The Morgan fingerprint density at radius 3 is 2.52 bits per heavy atom. The molecule has 1 amide bonds. The summed E-state index contributed by atoms with van der Waals surface area (Å²) in [7, 11) is -2.13. The van der Waals surface area contributed by atoms with Gasteiger partial charge in [0.05, 0.1) is 11.2 Å². The number of halogens is 2. The molecule has 1 aliphatic rings. The minimum atomic E-state index is -2.13. The third kappa shape index (κ3) is 5.56. The summed E-state index contributed by atoms with van der Waals surface area (Å²) in [5.74, 6) is -1.42. The Kier molecular flexibility index (Phi) is 6.93. The topological polar surface area (TPSA) is 117 Å². The first-order valence-corrected chi connectivity index (χ1v) is 11.1. The lowest BCUT2D eigenvalue weighted by molar-refractivity contribution is 0.0564. The van der Waals surface area contributed by atoms with E-state index in [0.717, 1.165) is 11.6 Å². The second-order valence-electron chi connectivity index (χ2n) is 9.09. The van der Waals surface area contributed by atoms with Crippen molar-refractivity contribution in [2.45, 2.75) is 64.4 Å². The second kappa shape index (κ2) is 9.07. The summed E-state index contributed by atoms with van der Waals surface area (Å²) in [6.45, 7) is 10.3. The van der Waals surface area contributed by atoms with Crippen LogP contribution in [0, 0.1) is 25.5 Å². The number of ether oxygens (including phenoxy) is 1. The summed E-state index contributed by atoms with van der Waals surface area (Å²) >= 11 is 1.23. The minimum Gasteiger partial charge on any atom is -0.444 e. The second-order valence-corrected chi connectivity index (χ2v) is 10.3. The Morgan fingerprint density at radius 1 is 1.30 bits per heavy atom. The van der Waals surface area contributed by atoms with Gasteiger partial charge in [-0.15, -0.1) is 0 Å². The summed E-state index contributed by atoms with van der Waals surface area (Å²) in [4.78, 5) is 17.0. The highest BCUT2D eigenvalue weighted by Crippen LogP contribution is 2.48. The lowest BCUT2D eigenvalue weighted by atomic mass is 9.75. The van der Waals surface area contributed by atoms with E-state index < -0.39 is 41.4 Å². The Bertz CT molecular complexity index is 1080. The molecule has 12 heteroatoms. The zero-order chi connectivity index (χ0) is 24.7. The number of carbonyl (C=O) groups excluding carboxylic acids is 1. The number of aliphatic imine (C=N–C) groups is 1. The number of alkyl carbamates (subject to hydrolysis) is 1. The van der Waals surface area contributed by atoms with Gasteiger partial charge in [-0.2, -0.15) is 0 Å². The van der Waals surface area contributed by atoms with Crippen LogP contribution in [0.5, 0.6) is 0 Å². The van der Waals surface area contributed by atoms with Crippen molar-refractivity contribution in [3.63, 3.8) is 0 Å². The van der Waals surface area contributed by atoms with Crippen LogP contribution in [0.2, 0.25) is 0 Å². The van der Waals surface area contributed by atoms with E-state index in [4.69, 9.17) is 9.26 Å². The summed E-state index contributed by atoms with van der Waals surface area (Å²) in [5.41, 5.74) is -1.16. The Morgan fingerprint density at radius 2 is 1.97 bits per heavy atom. The molecule has 3 rings (SSSR count). The number of nitrogens with zero attached hydrogens (tertiary/aromatic N) is 2. The quantitative estimate of drug-likeness (QED) is 0.577. The average molecular weight is 481 g/mol. The average Bonchev–Trinajstić information content (AvgIpc) is 2.97. The first kappa shape index (κ1) is 25.2. The molecule has 0 radical (unpaired) electrons. The van der Waals surface area contributed by atoms with Crippen molar-refractivity contribution < 1.29 is 32.9 Å². The number of amides is 1. The molecule has 0 fully saturated rings. The maximum absolute atomic E-state index is 14.9. The molecule has 0 spiro atoms. The van der Waals surface area contributed by atoms with Gasteiger partial charge in [0.25, 0.3) is 0 Å². The van der Waals surface area contributed by atoms with Gasteiger partial charge in [0.2, 0.25) is 0 Å². The first-order valence-electron chi connectivity index (χ1n) is 10.2. The number of nitrogens with one attached hydrogen (secondary N) is 1. The van der Waals surface area contributed by atoms with Gasteiger partial charge in [-0.05, 0) is 48.0 Å². The fraction of sp³-hybridized carbons (Fsp3) is 0.476. The predicted molar refractivity (Wildman–Crippen MR) is 121 cm³/mol. The van der Waals surface area contributed by atoms with Gasteiger partial charge < -0.3 is 19.3 Å². The molecule has 0 aliphatic carbocycles. The van der Waals surface area contributed by atoms with Gasteiger partial charge in [0.1, 0.15) is 23.0 Å². The van der Waals surface area contributed by atoms with Crippen LogP contribution in [0.25, 0.3) is 0 Å². The summed E-state index contributed by atoms with van der Waals surface area (Å²) in [5, 5.41) is 25.4. The monoisotopic (exact) mass is 481 g/mol. The van der Waals surface area contributed by atoms with E-state index in [9.17, 15) is 23.6 Å². The van der Waals surface area contributed by atoms with Crippen molar-refractivity contribution in [2.75, 3.05) is 0 Å². The van der Waals surface area contributed by atoms with Gasteiger partial charge in [-0.25, -0.2) is 13.6 Å². The van der Waals surface area contributed by atoms with Crippen LogP contribution in [-0.2, 0) is 10.3 Å². The van der Waals surface area contributed by atoms with Crippen LogP contribution in [0.4, 0.5) is 13.6 Å². The van der Waals surface area contributed by atoms with Crippen LogP contribution < -0.4 is 10.8 Å². The number of rotatable bonds is 3. The van der Waals surface area contributed by atoms with E-state index >= 15 is 0 Å². The molecule has 2 aromatic rings. The lowest BCUT2D eigenvalue weighted by Gasteiger charge is -2.36. The summed E-state index contributed by atoms with van der Waals surface area (Å²) in [6, 6.07) is 1.64. The van der Waals surface area contributed by atoms with Gasteiger partial charge >= 0.3 is 13.2 Å². The van der Waals surface area contributed by atoms with E-state index in [1.54, 1.807) is 41.5 Å². The third-order valence-electron chi connectivity index (χ3n) is 5.15. The number of carbonyl (C=O) groups is 1. The molecule has 0 saturated heterocycles. The van der Waals surface area contributed by atoms with E-state index in [0.29, 0.717) is 17.5 Å². The number of amidine groups is 1. The number of thioether (sulfide) groups is 1. The maximum Gasteiger partial charge on any atom is 0.491 e. The number of hydrogen-bond acceptors (Lipinski definition) is 8. The van der Waals surface area contributed by atoms with Crippen LogP contribution >= 0.6 is 11.8 Å². The number of aryl methyl sites for hydroxylation is 2. The number of benzene rings is 1. The molecule has 178 valence electrons. The summed E-state index contributed by atoms with van der Waals surface area (Å²) in [6.07, 6.45) is -0.495. The molecule has 2 atom stereocenters. The normalized spacial score (nSPS) is 20.9. The lowest BCUT2D eigenvalue weighted by Crippen LogP contribution is -2.40. The zero-order valence-electron chi connectivity index (χ0n) is 19.2. The standard InChI is InChI=1S/C21H26BF2N3O5S/c1-10-17(11(2)32-27-10)16-9-21(6,12-7-13(22(29)30)15(24)8-14(12)23)26-18(33-16)25-19(28)31-20(3,4)5/h7-8,16,29-30H,9H2,1-6H3,(H,25,26,28)/t16-,21-/m0/s1. The highest BCUT2D eigenvalue weighted by atomic mass is 32.2. The number of aromatic nitrogens is 1. The van der Waals surface area contributed by atoms with Gasteiger partial charge in [-0.3, -0.25) is 10.3 Å². The van der Waals surface area contributed by atoms with Crippen molar-refractivity contribution in [3.8, 4) is 0 Å². The van der Waals surface area contributed by atoms with E-state index in [1.807, 2.05) is 0 Å². The largest absolute Gasteiger partial charge is 0.491 e. The zero-order valence-corrected chi connectivity index (χ0v) is 20.0. The molecule has 0 unspecified atom stereocenters. The third-order valence-corrected chi connectivity index (χ3v) is 6.25. The molecule has 1 aromatic carbocycles. The van der Waals surface area contributed by atoms with Crippen LogP contribution in [0.15, 0.2) is 21.6 Å². The maximum atomic E-state index is 14.9. The molecule has 8 nitrogen and oxygen atoms in total. The van der Waals surface area contributed by atoms with E-state index in [2.05, 4.69) is 15.5 Å². The molecule has 33 heavy (non-hydrogen) atoms. The summed E-state index contributed by atoms with van der Waals surface area (Å²) < 4.78 is 39.6. The van der Waals surface area contributed by atoms with E-state index in [1.165, 1.54) is 11.8 Å². The minimum absolute atomic E-state index is 0.0486. The molecule has 2 heterocycles. The Balaban J connectivity index is 2.09. The molecule has 1 aromatic heterocycles. The molecule has 0 bridgehead atoms. The van der Waals surface area contributed by atoms with Gasteiger partial charge in [-0.1, -0.05) is 23.0 Å². The van der Waals surface area contributed by atoms with Crippen LogP contribution in [-0.4, -0.2) is 39.2 Å². The van der Waals surface area contributed by atoms with Crippen molar-refractivity contribution in [3.05, 3.63) is 46.3 Å². The highest BCUT2D eigenvalue weighted by Gasteiger charge is 2.41. The Hall–Kier alpha value is -2.44. The van der Waals surface area contributed by atoms with Gasteiger partial charge in [0, 0.05) is 27.9 Å². The van der Waals surface area contributed by atoms with Crippen molar-refractivity contribution in [2.24, 2.45) is 4.99 Å². The van der Waals surface area contributed by atoms with Crippen molar-refractivity contribution in [1.29, 1.82) is 0 Å². The number of hydrogen-bond donors (Lipinski definition) is 3. The van der Waals surface area contributed by atoms with E-state index in [-0.39, 0.29) is 22.4 Å². The van der Waals surface area contributed by atoms with Crippen LogP contribution in [0.1, 0.15) is 61.9 Å². The Labute approximate surface area is 194 Å². The predicted octanol–water partition coefficient (Wildman–Crippen LogP) is 3.22. The molecule has 1 aliphatic heterocycles. The van der Waals surface area contributed by atoms with Crippen molar-refractivity contribution >= 4 is 35.6 Å². The molecule has 3 N–H and O–H groups in total. The molecular formula is C21H26BF2N3O5S. The molecule has 0 saturated carbocycles. The van der Waals surface area contributed by atoms with Crippen molar-refractivity contribution in [1.82, 2.24) is 10.5 Å². The smallest absolute Gasteiger partial charge is 0.444 e. The first-order chi connectivity index (χ1) is 15.2. The van der Waals surface area contributed by atoms with Gasteiger partial charge in [0.15, 0.2) is 5.17 Å². The molecular weight excluding hydrogens is 455 g/mol. The highest BCUT2D eigenvalue weighted by molar-refractivity contribution is 8.14. The fourth-order valence-corrected chi connectivity index (χ4v) is 5.27. The SMILES string of the molecule is Cc1noc(C)c1[C@@H]1C[C@@](C)(c2cc(B(O)O)c(F)cc2F)N=C(NC(=O)OC(C)(C)C)S1. The fourth-order valence-electron chi connectivity index (χ4n) is 3.74.